The molecule has 2 fully saturated rings. The predicted molar refractivity (Wildman–Crippen MR) is 134 cm³/mol. The Morgan fingerprint density at radius 2 is 1.59 bits per heavy atom. The normalized spacial score (nSPS) is 18.0. The molecule has 2 saturated heterocycles. The molecular formula is C28H37N3O3. The average molecular weight is 464 g/mol. The van der Waals surface area contributed by atoms with Crippen molar-refractivity contribution >= 4 is 11.8 Å². The van der Waals surface area contributed by atoms with Crippen molar-refractivity contribution in [2.45, 2.75) is 51.1 Å². The maximum atomic E-state index is 12.9. The lowest BCUT2D eigenvalue weighted by Gasteiger charge is -2.35. The van der Waals surface area contributed by atoms with Crippen LogP contribution in [0.4, 0.5) is 0 Å². The van der Waals surface area contributed by atoms with Crippen molar-refractivity contribution in [3.63, 3.8) is 0 Å². The van der Waals surface area contributed by atoms with E-state index in [2.05, 4.69) is 28.4 Å². The van der Waals surface area contributed by atoms with Gasteiger partial charge in [0.05, 0.1) is 7.11 Å². The summed E-state index contributed by atoms with van der Waals surface area (Å²) < 4.78 is 5.48. The van der Waals surface area contributed by atoms with Gasteiger partial charge in [-0.05, 0) is 43.7 Å². The van der Waals surface area contributed by atoms with Gasteiger partial charge < -0.3 is 15.0 Å². The molecule has 2 aromatic rings. The van der Waals surface area contributed by atoms with Crippen LogP contribution in [0.25, 0.3) is 0 Å². The smallest absolute Gasteiger partial charge is 0.223 e. The van der Waals surface area contributed by atoms with E-state index in [1.165, 1.54) is 11.1 Å². The predicted octanol–water partition coefficient (Wildman–Crippen LogP) is 3.65. The molecule has 1 N–H and O–H groups in total. The van der Waals surface area contributed by atoms with Gasteiger partial charge in [-0.25, -0.2) is 0 Å². The zero-order chi connectivity index (χ0) is 23.8. The lowest BCUT2D eigenvalue weighted by Crippen LogP contribution is -2.48. The first-order valence-corrected chi connectivity index (χ1v) is 12.6. The van der Waals surface area contributed by atoms with Crippen LogP contribution in [0, 0.1) is 5.92 Å². The summed E-state index contributed by atoms with van der Waals surface area (Å²) in [5.41, 5.74) is 2.40. The molecule has 0 aliphatic carbocycles. The van der Waals surface area contributed by atoms with Crippen molar-refractivity contribution in [2.75, 3.05) is 33.3 Å². The van der Waals surface area contributed by atoms with Crippen LogP contribution < -0.4 is 10.1 Å². The number of para-hydroxylation sites is 1. The quantitative estimate of drug-likeness (QED) is 0.649. The molecule has 6 heteroatoms. The summed E-state index contributed by atoms with van der Waals surface area (Å²) in [7, 11) is 1.71. The van der Waals surface area contributed by atoms with Crippen LogP contribution in [0.3, 0.4) is 0 Å². The second-order valence-electron chi connectivity index (χ2n) is 9.51. The minimum atomic E-state index is 0.0183. The monoisotopic (exact) mass is 463 g/mol. The Morgan fingerprint density at radius 1 is 0.912 bits per heavy atom. The Labute approximate surface area is 203 Å². The number of carbonyl (C=O) groups excluding carboxylic acids is 2. The number of hydrogen-bond acceptors (Lipinski definition) is 4. The summed E-state index contributed by atoms with van der Waals surface area (Å²) in [6, 6.07) is 18.5. The van der Waals surface area contributed by atoms with Crippen molar-refractivity contribution in [3.8, 4) is 5.75 Å². The van der Waals surface area contributed by atoms with Gasteiger partial charge in [-0.1, -0.05) is 48.5 Å². The number of ether oxygens (including phenoxy) is 1. The van der Waals surface area contributed by atoms with Crippen LogP contribution >= 0.6 is 0 Å². The largest absolute Gasteiger partial charge is 0.496 e. The van der Waals surface area contributed by atoms with Crippen molar-refractivity contribution in [1.82, 2.24) is 15.1 Å². The molecule has 2 aliphatic rings. The van der Waals surface area contributed by atoms with E-state index in [1.54, 1.807) is 7.11 Å². The number of hydrogen-bond donors (Lipinski definition) is 1. The van der Waals surface area contributed by atoms with E-state index >= 15 is 0 Å². The summed E-state index contributed by atoms with van der Waals surface area (Å²) in [4.78, 5) is 29.8. The Morgan fingerprint density at radius 3 is 2.29 bits per heavy atom. The number of piperidine rings is 2. The topological polar surface area (TPSA) is 61.9 Å². The van der Waals surface area contributed by atoms with Crippen LogP contribution in [-0.4, -0.2) is 60.9 Å². The summed E-state index contributed by atoms with van der Waals surface area (Å²) in [5, 5.41) is 3.29. The third-order valence-corrected chi connectivity index (χ3v) is 7.21. The molecule has 2 amide bonds. The number of methoxy groups -OCH3 is 1. The van der Waals surface area contributed by atoms with Gasteiger partial charge in [0.2, 0.25) is 11.8 Å². The average Bonchev–Trinajstić information content (AvgIpc) is 2.89. The molecule has 0 aromatic heterocycles. The van der Waals surface area contributed by atoms with E-state index in [0.29, 0.717) is 19.5 Å². The molecule has 0 atom stereocenters. The first kappa shape index (κ1) is 24.3. The van der Waals surface area contributed by atoms with Gasteiger partial charge in [0, 0.05) is 56.7 Å². The fraction of sp³-hybridized carbons (Fsp3) is 0.500. The molecule has 2 heterocycles. The van der Waals surface area contributed by atoms with E-state index in [0.717, 1.165) is 57.5 Å². The Kier molecular flexibility index (Phi) is 8.58. The van der Waals surface area contributed by atoms with Crippen LogP contribution in [-0.2, 0) is 22.6 Å². The van der Waals surface area contributed by atoms with Gasteiger partial charge in [0.25, 0.3) is 0 Å². The molecule has 6 nitrogen and oxygen atoms in total. The van der Waals surface area contributed by atoms with Gasteiger partial charge in [-0.2, -0.15) is 0 Å². The minimum absolute atomic E-state index is 0.0183. The second kappa shape index (κ2) is 12.0. The molecule has 34 heavy (non-hydrogen) atoms. The van der Waals surface area contributed by atoms with Crippen LogP contribution in [0.15, 0.2) is 54.6 Å². The molecule has 0 spiro atoms. The highest BCUT2D eigenvalue weighted by atomic mass is 16.5. The lowest BCUT2D eigenvalue weighted by molar-refractivity contribution is -0.135. The molecule has 2 aliphatic heterocycles. The van der Waals surface area contributed by atoms with Crippen molar-refractivity contribution in [3.05, 3.63) is 65.7 Å². The van der Waals surface area contributed by atoms with Crippen LogP contribution in [0.5, 0.6) is 5.75 Å². The first-order chi connectivity index (χ1) is 16.6. The number of amides is 2. The summed E-state index contributed by atoms with van der Waals surface area (Å²) in [6.45, 7) is 4.18. The maximum absolute atomic E-state index is 12.9. The van der Waals surface area contributed by atoms with Crippen molar-refractivity contribution in [2.24, 2.45) is 5.92 Å². The summed E-state index contributed by atoms with van der Waals surface area (Å²) >= 11 is 0. The number of nitrogens with zero attached hydrogens (tertiary/aromatic N) is 2. The first-order valence-electron chi connectivity index (χ1n) is 12.6. The zero-order valence-corrected chi connectivity index (χ0v) is 20.2. The summed E-state index contributed by atoms with van der Waals surface area (Å²) in [5.74, 6) is 1.32. The van der Waals surface area contributed by atoms with Crippen molar-refractivity contribution in [1.29, 1.82) is 0 Å². The minimum Gasteiger partial charge on any atom is -0.496 e. The molecular weight excluding hydrogens is 426 g/mol. The molecule has 2 aromatic carbocycles. The van der Waals surface area contributed by atoms with Gasteiger partial charge >= 0.3 is 0 Å². The van der Waals surface area contributed by atoms with Crippen molar-refractivity contribution < 1.29 is 14.3 Å². The number of carbonyl (C=O) groups is 2. The summed E-state index contributed by atoms with van der Waals surface area (Å²) in [6.07, 6.45) is 4.77. The van der Waals surface area contributed by atoms with Gasteiger partial charge in [0.1, 0.15) is 5.75 Å². The number of nitrogens with one attached hydrogen (secondary N) is 1. The van der Waals surface area contributed by atoms with Gasteiger partial charge in [-0.15, -0.1) is 0 Å². The maximum Gasteiger partial charge on any atom is 0.223 e. The molecule has 182 valence electrons. The van der Waals surface area contributed by atoms with Gasteiger partial charge in [-0.3, -0.25) is 14.5 Å². The molecule has 0 unspecified atom stereocenters. The van der Waals surface area contributed by atoms with Crippen LogP contribution in [0.2, 0.25) is 0 Å². The zero-order valence-electron chi connectivity index (χ0n) is 20.2. The highest BCUT2D eigenvalue weighted by molar-refractivity contribution is 5.80. The fourth-order valence-corrected chi connectivity index (χ4v) is 5.07. The third-order valence-electron chi connectivity index (χ3n) is 7.21. The van der Waals surface area contributed by atoms with Gasteiger partial charge in [0.15, 0.2) is 0 Å². The highest BCUT2D eigenvalue weighted by Crippen LogP contribution is 2.23. The third kappa shape index (κ3) is 6.60. The fourth-order valence-electron chi connectivity index (χ4n) is 5.07. The van der Waals surface area contributed by atoms with E-state index in [1.807, 2.05) is 41.3 Å². The van der Waals surface area contributed by atoms with E-state index in [9.17, 15) is 9.59 Å². The Balaban J connectivity index is 1.15. The Hall–Kier alpha value is -2.86. The number of rotatable bonds is 8. The number of likely N-dealkylation sites (tertiary alicyclic amines) is 2. The number of aryl methyl sites for hydroxylation is 1. The standard InChI is InChI=1S/C28H37N3O3/c1-34-26-10-6-5-9-24(26)21-30-17-15-25(16-18-30)29-28(33)23-13-19-31(20-14-23)27(32)12-11-22-7-3-2-4-8-22/h2-10,23,25H,11-21H2,1H3,(H,29,33). The molecule has 0 saturated carbocycles. The van der Waals surface area contributed by atoms with E-state index < -0.39 is 0 Å². The van der Waals surface area contributed by atoms with E-state index in [4.69, 9.17) is 4.74 Å². The second-order valence-corrected chi connectivity index (χ2v) is 9.51. The van der Waals surface area contributed by atoms with Crippen LogP contribution in [0.1, 0.15) is 43.2 Å². The highest BCUT2D eigenvalue weighted by Gasteiger charge is 2.29. The Bertz CT molecular complexity index is 933. The van der Waals surface area contributed by atoms with E-state index in [-0.39, 0.29) is 23.8 Å². The molecule has 4 rings (SSSR count). The molecule has 0 radical (unpaired) electrons. The number of benzene rings is 2. The SMILES string of the molecule is COc1ccccc1CN1CCC(NC(=O)C2CCN(C(=O)CCc3ccccc3)CC2)CC1. The lowest BCUT2D eigenvalue weighted by atomic mass is 9.94. The molecule has 0 bridgehead atoms.